The molecule has 2 saturated carbocycles. The minimum atomic E-state index is -0.363. The molecule has 0 bridgehead atoms. The molecule has 2 atom stereocenters. The van der Waals surface area contributed by atoms with Crippen LogP contribution in [-0.2, 0) is 0 Å². The van der Waals surface area contributed by atoms with E-state index in [-0.39, 0.29) is 11.6 Å². The fourth-order valence-corrected chi connectivity index (χ4v) is 5.30. The quantitative estimate of drug-likeness (QED) is 0.719. The number of rotatable bonds is 5. The molecule has 6 heteroatoms. The summed E-state index contributed by atoms with van der Waals surface area (Å²) < 4.78 is 0. The smallest absolute Gasteiger partial charge is 0.142 e. The molecule has 6 nitrogen and oxygen atoms in total. The van der Waals surface area contributed by atoms with Crippen molar-refractivity contribution >= 4 is 16.9 Å². The van der Waals surface area contributed by atoms with Gasteiger partial charge in [-0.3, -0.25) is 5.32 Å². The average Bonchev–Trinajstić information content (AvgIpc) is 3.08. The molecule has 0 radical (unpaired) electrons. The summed E-state index contributed by atoms with van der Waals surface area (Å²) in [6.07, 6.45) is 12.0. The largest absolute Gasteiger partial charge is 0.378 e. The summed E-state index contributed by atoms with van der Waals surface area (Å²) in [7, 11) is 0. The van der Waals surface area contributed by atoms with E-state index in [9.17, 15) is 5.11 Å². The zero-order chi connectivity index (χ0) is 17.6. The lowest BCUT2D eigenvalue weighted by atomic mass is 9.81. The van der Waals surface area contributed by atoms with E-state index in [1.54, 1.807) is 6.33 Å². The number of piperidine rings is 1. The number of aliphatic hydroxyl groups is 1. The lowest BCUT2D eigenvalue weighted by Crippen LogP contribution is -2.50. The lowest BCUT2D eigenvalue weighted by molar-refractivity contribution is 0.0213. The highest BCUT2D eigenvalue weighted by Crippen LogP contribution is 2.57. The minimum Gasteiger partial charge on any atom is -0.378 e. The highest BCUT2D eigenvalue weighted by Gasteiger charge is 2.54. The molecule has 140 valence electrons. The molecule has 3 fully saturated rings. The van der Waals surface area contributed by atoms with Gasteiger partial charge in [0.25, 0.3) is 0 Å². The normalized spacial score (nSPS) is 26.7. The molecule has 3 heterocycles. The Balaban J connectivity index is 1.27. The third kappa shape index (κ3) is 2.89. The second-order valence-corrected chi connectivity index (χ2v) is 8.62. The maximum absolute atomic E-state index is 10.8. The molecule has 1 aliphatic heterocycles. The molecule has 2 aromatic rings. The number of nitrogens with zero attached hydrogens (tertiary/aromatic N) is 3. The summed E-state index contributed by atoms with van der Waals surface area (Å²) in [5.74, 6) is 2.17. The van der Waals surface area contributed by atoms with Gasteiger partial charge in [0.2, 0.25) is 0 Å². The molecule has 5 rings (SSSR count). The minimum absolute atomic E-state index is 0.258. The molecule has 2 aliphatic carbocycles. The number of anilines is 1. The van der Waals surface area contributed by atoms with Crippen LogP contribution in [-0.4, -0.2) is 45.9 Å². The van der Waals surface area contributed by atoms with Gasteiger partial charge in [-0.25, -0.2) is 9.97 Å². The first-order chi connectivity index (χ1) is 12.8. The number of aromatic amines is 1. The van der Waals surface area contributed by atoms with E-state index in [1.807, 2.05) is 6.20 Å². The van der Waals surface area contributed by atoms with E-state index < -0.39 is 0 Å². The van der Waals surface area contributed by atoms with Crippen molar-refractivity contribution in [1.82, 2.24) is 20.3 Å². The van der Waals surface area contributed by atoms with Crippen LogP contribution in [0.15, 0.2) is 18.6 Å². The number of aliphatic hydroxyl groups excluding tert-OH is 1. The van der Waals surface area contributed by atoms with E-state index in [0.717, 1.165) is 48.8 Å². The Morgan fingerprint density at radius 2 is 2.12 bits per heavy atom. The SMILES string of the molecule is OC(NCC1CCCC1)C1CCN(c2ncnc3[nH]ccc23)CC12CC2. The van der Waals surface area contributed by atoms with Gasteiger partial charge in [0.15, 0.2) is 0 Å². The van der Waals surface area contributed by atoms with Gasteiger partial charge in [-0.05, 0) is 49.5 Å². The van der Waals surface area contributed by atoms with E-state index in [1.165, 1.54) is 38.5 Å². The Bertz CT molecular complexity index is 764. The third-order valence-electron chi connectivity index (χ3n) is 7.00. The molecule has 3 aliphatic rings. The van der Waals surface area contributed by atoms with Gasteiger partial charge >= 0.3 is 0 Å². The zero-order valence-electron chi connectivity index (χ0n) is 15.3. The Morgan fingerprint density at radius 1 is 1.27 bits per heavy atom. The van der Waals surface area contributed by atoms with Crippen molar-refractivity contribution in [3.63, 3.8) is 0 Å². The monoisotopic (exact) mass is 355 g/mol. The predicted molar refractivity (Wildman–Crippen MR) is 102 cm³/mol. The van der Waals surface area contributed by atoms with Crippen LogP contribution in [0.2, 0.25) is 0 Å². The van der Waals surface area contributed by atoms with Crippen molar-refractivity contribution in [3.8, 4) is 0 Å². The number of H-pyrrole nitrogens is 1. The van der Waals surface area contributed by atoms with Crippen LogP contribution in [0.25, 0.3) is 11.0 Å². The molecule has 26 heavy (non-hydrogen) atoms. The molecule has 0 amide bonds. The second-order valence-electron chi connectivity index (χ2n) is 8.62. The van der Waals surface area contributed by atoms with Crippen LogP contribution < -0.4 is 10.2 Å². The van der Waals surface area contributed by atoms with Crippen LogP contribution >= 0.6 is 0 Å². The first-order valence-electron chi connectivity index (χ1n) is 10.2. The van der Waals surface area contributed by atoms with Gasteiger partial charge < -0.3 is 15.0 Å². The Kier molecular flexibility index (Phi) is 4.13. The average molecular weight is 355 g/mol. The molecule has 2 aromatic heterocycles. The summed E-state index contributed by atoms with van der Waals surface area (Å²) in [4.78, 5) is 14.5. The maximum Gasteiger partial charge on any atom is 0.142 e. The number of hydrogen-bond acceptors (Lipinski definition) is 5. The van der Waals surface area contributed by atoms with Crippen LogP contribution in [0.4, 0.5) is 5.82 Å². The Labute approximate surface area is 154 Å². The number of nitrogens with one attached hydrogen (secondary N) is 2. The topological polar surface area (TPSA) is 77.1 Å². The molecule has 0 aromatic carbocycles. The first-order valence-corrected chi connectivity index (χ1v) is 10.2. The number of fused-ring (bicyclic) bond motifs is 1. The van der Waals surface area contributed by atoms with E-state index >= 15 is 0 Å². The van der Waals surface area contributed by atoms with Gasteiger partial charge in [-0.1, -0.05) is 12.8 Å². The van der Waals surface area contributed by atoms with Crippen molar-refractivity contribution in [1.29, 1.82) is 0 Å². The second kappa shape index (κ2) is 6.50. The number of aromatic nitrogens is 3. The lowest BCUT2D eigenvalue weighted by Gasteiger charge is -2.42. The first kappa shape index (κ1) is 16.5. The summed E-state index contributed by atoms with van der Waals surface area (Å²) in [6, 6.07) is 2.06. The van der Waals surface area contributed by atoms with Crippen LogP contribution in [0, 0.1) is 17.3 Å². The highest BCUT2D eigenvalue weighted by atomic mass is 16.3. The number of hydrogen-bond donors (Lipinski definition) is 3. The van der Waals surface area contributed by atoms with Gasteiger partial charge in [0.1, 0.15) is 24.0 Å². The highest BCUT2D eigenvalue weighted by molar-refractivity contribution is 5.87. The van der Waals surface area contributed by atoms with Crippen molar-refractivity contribution in [2.75, 3.05) is 24.5 Å². The van der Waals surface area contributed by atoms with E-state index in [0.29, 0.717) is 5.92 Å². The maximum atomic E-state index is 10.8. The van der Waals surface area contributed by atoms with Gasteiger partial charge in [0.05, 0.1) is 5.39 Å². The van der Waals surface area contributed by atoms with Crippen LogP contribution in [0.5, 0.6) is 0 Å². The van der Waals surface area contributed by atoms with E-state index in [4.69, 9.17) is 0 Å². The molecule has 3 N–H and O–H groups in total. The summed E-state index contributed by atoms with van der Waals surface area (Å²) in [5, 5.41) is 15.4. The molecule has 2 unspecified atom stereocenters. The van der Waals surface area contributed by atoms with Crippen molar-refractivity contribution < 1.29 is 5.11 Å². The van der Waals surface area contributed by atoms with Gasteiger partial charge in [-0.15, -0.1) is 0 Å². The summed E-state index contributed by atoms with van der Waals surface area (Å²) in [5.41, 5.74) is 1.16. The van der Waals surface area contributed by atoms with E-state index in [2.05, 4.69) is 31.2 Å². The van der Waals surface area contributed by atoms with Gasteiger partial charge in [-0.2, -0.15) is 0 Å². The molecular weight excluding hydrogens is 326 g/mol. The summed E-state index contributed by atoms with van der Waals surface area (Å²) >= 11 is 0. The van der Waals surface area contributed by atoms with Crippen LogP contribution in [0.3, 0.4) is 0 Å². The predicted octanol–water partition coefficient (Wildman–Crippen LogP) is 2.66. The standard InChI is InChI=1S/C20H29N5O/c26-19(22-11-14-3-1-2-4-14)16-6-10-25(12-20(16)7-8-20)18-15-5-9-21-17(15)23-13-24-18/h5,9,13-14,16,19,22,26H,1-4,6-8,10-12H2,(H,21,23,24). The Hall–Kier alpha value is -1.66. The van der Waals surface area contributed by atoms with Crippen molar-refractivity contribution in [2.24, 2.45) is 17.3 Å². The zero-order valence-corrected chi connectivity index (χ0v) is 15.3. The van der Waals surface area contributed by atoms with Crippen molar-refractivity contribution in [2.45, 2.75) is 51.2 Å². The van der Waals surface area contributed by atoms with Crippen LogP contribution in [0.1, 0.15) is 44.9 Å². The third-order valence-corrected chi connectivity index (χ3v) is 7.00. The fraction of sp³-hybridized carbons (Fsp3) is 0.700. The fourth-order valence-electron chi connectivity index (χ4n) is 5.30. The molecular formula is C20H29N5O. The molecule has 1 spiro atoms. The van der Waals surface area contributed by atoms with Gasteiger partial charge in [0, 0.05) is 31.7 Å². The summed E-state index contributed by atoms with van der Waals surface area (Å²) in [6.45, 7) is 2.93. The Morgan fingerprint density at radius 3 is 2.92 bits per heavy atom. The van der Waals surface area contributed by atoms with Crippen molar-refractivity contribution in [3.05, 3.63) is 18.6 Å². The molecule has 1 saturated heterocycles.